The van der Waals surface area contributed by atoms with Gasteiger partial charge in [-0.25, -0.2) is 0 Å². The van der Waals surface area contributed by atoms with Crippen molar-refractivity contribution in [2.75, 3.05) is 13.2 Å². The van der Waals surface area contributed by atoms with Gasteiger partial charge in [0.2, 0.25) is 0 Å². The highest BCUT2D eigenvalue weighted by Crippen LogP contribution is 2.16. The van der Waals surface area contributed by atoms with Gasteiger partial charge in [0.1, 0.15) is 5.75 Å². The van der Waals surface area contributed by atoms with Crippen LogP contribution < -0.4 is 4.74 Å². The molecule has 0 saturated carbocycles. The first kappa shape index (κ1) is 15.1. The molecule has 0 N–H and O–H groups in total. The topological polar surface area (TPSA) is 42.2 Å². The summed E-state index contributed by atoms with van der Waals surface area (Å²) in [6.07, 6.45) is 0.929. The maximum atomic E-state index is 8.71. The Morgan fingerprint density at radius 2 is 1.71 bits per heavy atom. The van der Waals surface area contributed by atoms with Crippen LogP contribution in [0.15, 0.2) is 54.6 Å². The minimum absolute atomic E-state index is 0.0983. The van der Waals surface area contributed by atoms with Crippen molar-refractivity contribution in [3.8, 4) is 11.8 Å². The van der Waals surface area contributed by atoms with E-state index < -0.39 is 0 Å². The highest BCUT2D eigenvalue weighted by atomic mass is 16.5. The molecule has 0 aliphatic rings. The van der Waals surface area contributed by atoms with Gasteiger partial charge in [0.15, 0.2) is 0 Å². The van der Waals surface area contributed by atoms with Crippen LogP contribution in [0.5, 0.6) is 5.75 Å². The lowest BCUT2D eigenvalue weighted by Gasteiger charge is -2.13. The molecule has 0 spiro atoms. The first-order valence-corrected chi connectivity index (χ1v) is 7.09. The molecule has 2 rings (SSSR count). The highest BCUT2D eigenvalue weighted by molar-refractivity contribution is 5.34. The molecule has 0 fully saturated rings. The van der Waals surface area contributed by atoms with Crippen molar-refractivity contribution >= 4 is 0 Å². The molecule has 21 heavy (non-hydrogen) atoms. The molecule has 0 bridgehead atoms. The summed E-state index contributed by atoms with van der Waals surface area (Å²) in [4.78, 5) is 0. The maximum absolute atomic E-state index is 8.71. The second-order valence-corrected chi connectivity index (χ2v) is 4.76. The summed E-state index contributed by atoms with van der Waals surface area (Å²) >= 11 is 0. The number of rotatable bonds is 7. The highest BCUT2D eigenvalue weighted by Gasteiger charge is 2.04. The van der Waals surface area contributed by atoms with Gasteiger partial charge in [-0.1, -0.05) is 30.3 Å². The quantitative estimate of drug-likeness (QED) is 0.717. The average molecular weight is 281 g/mol. The SMILES string of the molecule is CC(OCCCOc1ccc(C#N)cc1)c1ccccc1. The summed E-state index contributed by atoms with van der Waals surface area (Å²) in [5.41, 5.74) is 1.83. The van der Waals surface area contributed by atoms with Crippen LogP contribution in [0.25, 0.3) is 0 Å². The molecule has 3 nitrogen and oxygen atoms in total. The Morgan fingerprint density at radius 3 is 2.38 bits per heavy atom. The molecule has 0 radical (unpaired) electrons. The van der Waals surface area contributed by atoms with Gasteiger partial charge < -0.3 is 9.47 Å². The summed E-state index contributed by atoms with van der Waals surface area (Å²) in [5, 5.41) is 8.71. The van der Waals surface area contributed by atoms with Crippen molar-refractivity contribution in [3.63, 3.8) is 0 Å². The van der Waals surface area contributed by atoms with Gasteiger partial charge in [-0.2, -0.15) is 5.26 Å². The predicted octanol–water partition coefficient (Wildman–Crippen LogP) is 4.10. The minimum Gasteiger partial charge on any atom is -0.494 e. The van der Waals surface area contributed by atoms with Crippen molar-refractivity contribution in [2.45, 2.75) is 19.4 Å². The fourth-order valence-corrected chi connectivity index (χ4v) is 1.96. The van der Waals surface area contributed by atoms with Gasteiger partial charge in [0.05, 0.1) is 31.0 Å². The van der Waals surface area contributed by atoms with Crippen LogP contribution in [0.1, 0.15) is 30.6 Å². The fraction of sp³-hybridized carbons (Fsp3) is 0.278. The van der Waals surface area contributed by atoms with Crippen molar-refractivity contribution < 1.29 is 9.47 Å². The molecular formula is C18H19NO2. The third-order valence-corrected chi connectivity index (χ3v) is 3.18. The van der Waals surface area contributed by atoms with E-state index in [0.717, 1.165) is 12.2 Å². The smallest absolute Gasteiger partial charge is 0.119 e. The van der Waals surface area contributed by atoms with Crippen LogP contribution in [0.2, 0.25) is 0 Å². The normalized spacial score (nSPS) is 11.6. The lowest BCUT2D eigenvalue weighted by atomic mass is 10.1. The Hall–Kier alpha value is -2.31. The van der Waals surface area contributed by atoms with Gasteiger partial charge >= 0.3 is 0 Å². The number of nitriles is 1. The minimum atomic E-state index is 0.0983. The van der Waals surface area contributed by atoms with Gasteiger partial charge in [0, 0.05) is 6.42 Å². The average Bonchev–Trinajstić information content (AvgIpc) is 2.55. The van der Waals surface area contributed by atoms with E-state index in [2.05, 4.69) is 25.1 Å². The van der Waals surface area contributed by atoms with Gasteiger partial charge in [-0.15, -0.1) is 0 Å². The molecule has 1 atom stereocenters. The first-order valence-electron chi connectivity index (χ1n) is 7.09. The van der Waals surface area contributed by atoms with Gasteiger partial charge in [0.25, 0.3) is 0 Å². The lowest BCUT2D eigenvalue weighted by Crippen LogP contribution is -2.06. The molecule has 0 saturated heterocycles. The van der Waals surface area contributed by atoms with Crippen molar-refractivity contribution in [3.05, 3.63) is 65.7 Å². The Labute approximate surface area is 125 Å². The Balaban J connectivity index is 1.65. The van der Waals surface area contributed by atoms with E-state index in [0.29, 0.717) is 18.8 Å². The molecule has 0 aromatic heterocycles. The second-order valence-electron chi connectivity index (χ2n) is 4.76. The third-order valence-electron chi connectivity index (χ3n) is 3.18. The largest absolute Gasteiger partial charge is 0.494 e. The monoisotopic (exact) mass is 281 g/mol. The summed E-state index contributed by atoms with van der Waals surface area (Å²) in [7, 11) is 0. The molecule has 2 aromatic rings. The summed E-state index contributed by atoms with van der Waals surface area (Å²) in [5.74, 6) is 0.783. The van der Waals surface area contributed by atoms with Crippen molar-refractivity contribution in [1.29, 1.82) is 5.26 Å². The number of benzene rings is 2. The second kappa shape index (κ2) is 8.08. The van der Waals surface area contributed by atoms with Crippen LogP contribution in [0.4, 0.5) is 0 Å². The fourth-order valence-electron chi connectivity index (χ4n) is 1.96. The maximum Gasteiger partial charge on any atom is 0.119 e. The van der Waals surface area contributed by atoms with Crippen LogP contribution in [0, 0.1) is 11.3 Å². The molecule has 0 aliphatic heterocycles. The van der Waals surface area contributed by atoms with Gasteiger partial charge in [-0.05, 0) is 36.8 Å². The molecule has 0 amide bonds. The zero-order valence-electron chi connectivity index (χ0n) is 12.2. The number of hydrogen-bond acceptors (Lipinski definition) is 3. The van der Waals surface area contributed by atoms with E-state index in [1.54, 1.807) is 12.1 Å². The van der Waals surface area contributed by atoms with Crippen LogP contribution in [-0.4, -0.2) is 13.2 Å². The Bertz CT molecular complexity index is 572. The Kier molecular flexibility index (Phi) is 5.81. The first-order chi connectivity index (χ1) is 10.3. The lowest BCUT2D eigenvalue weighted by molar-refractivity contribution is 0.0571. The third kappa shape index (κ3) is 4.94. The van der Waals surface area contributed by atoms with E-state index in [4.69, 9.17) is 14.7 Å². The molecule has 2 aromatic carbocycles. The van der Waals surface area contributed by atoms with E-state index in [-0.39, 0.29) is 6.10 Å². The Morgan fingerprint density at radius 1 is 1.00 bits per heavy atom. The van der Waals surface area contributed by atoms with Crippen molar-refractivity contribution in [2.24, 2.45) is 0 Å². The van der Waals surface area contributed by atoms with E-state index >= 15 is 0 Å². The molecule has 0 aliphatic carbocycles. The van der Waals surface area contributed by atoms with Crippen LogP contribution in [0.3, 0.4) is 0 Å². The molecule has 108 valence electrons. The number of ether oxygens (including phenoxy) is 2. The molecule has 1 unspecified atom stereocenters. The summed E-state index contributed by atoms with van der Waals surface area (Å²) in [6.45, 7) is 3.32. The van der Waals surface area contributed by atoms with Crippen LogP contribution >= 0.6 is 0 Å². The predicted molar refractivity (Wildman–Crippen MR) is 82.1 cm³/mol. The summed E-state index contributed by atoms with van der Waals surface area (Å²) in [6, 6.07) is 19.4. The molecular weight excluding hydrogens is 262 g/mol. The summed E-state index contributed by atoms with van der Waals surface area (Å²) < 4.78 is 11.4. The number of nitrogens with zero attached hydrogens (tertiary/aromatic N) is 1. The standard InChI is InChI=1S/C18H19NO2/c1-15(17-6-3-2-4-7-17)20-12-5-13-21-18-10-8-16(14-19)9-11-18/h2-4,6-11,15H,5,12-13H2,1H3. The zero-order chi connectivity index (χ0) is 14.9. The van der Waals surface area contributed by atoms with Crippen molar-refractivity contribution in [1.82, 2.24) is 0 Å². The van der Waals surface area contributed by atoms with E-state index in [9.17, 15) is 0 Å². The molecule has 3 heteroatoms. The van der Waals surface area contributed by atoms with E-state index in [1.807, 2.05) is 30.3 Å². The zero-order valence-corrected chi connectivity index (χ0v) is 12.2. The molecule has 0 heterocycles. The van der Waals surface area contributed by atoms with Gasteiger partial charge in [-0.3, -0.25) is 0 Å². The number of hydrogen-bond donors (Lipinski definition) is 0. The van der Waals surface area contributed by atoms with E-state index in [1.165, 1.54) is 5.56 Å². The van der Waals surface area contributed by atoms with Crippen LogP contribution in [-0.2, 0) is 4.74 Å².